The summed E-state index contributed by atoms with van der Waals surface area (Å²) in [5, 5.41) is 16.3. The molecule has 0 aliphatic rings. The van der Waals surface area contributed by atoms with Gasteiger partial charge in [-0.15, -0.1) is 5.10 Å². The fourth-order valence-corrected chi connectivity index (χ4v) is 1.56. The number of hydrogen-bond acceptors (Lipinski definition) is 3. The lowest BCUT2D eigenvalue weighted by Crippen LogP contribution is -2.08. The van der Waals surface area contributed by atoms with Gasteiger partial charge in [-0.3, -0.25) is 4.79 Å². The molecule has 88 valence electrons. The van der Waals surface area contributed by atoms with Gasteiger partial charge >= 0.3 is 5.97 Å². The number of nitrogens with zero attached hydrogens (tertiary/aromatic N) is 3. The van der Waals surface area contributed by atoms with Gasteiger partial charge in [0.15, 0.2) is 0 Å². The zero-order valence-corrected chi connectivity index (χ0v) is 9.50. The molecule has 2 rings (SSSR count). The van der Waals surface area contributed by atoms with Crippen molar-refractivity contribution in [3.63, 3.8) is 0 Å². The van der Waals surface area contributed by atoms with Crippen molar-refractivity contribution >= 4 is 5.97 Å². The normalized spacial score (nSPS) is 10.4. The molecule has 0 spiro atoms. The number of carboxylic acid groups (broad SMARTS) is 1. The van der Waals surface area contributed by atoms with Crippen molar-refractivity contribution in [3.8, 4) is 11.3 Å². The predicted octanol–water partition coefficient (Wildman–Crippen LogP) is 1.59. The van der Waals surface area contributed by atoms with Crippen LogP contribution in [0.5, 0.6) is 0 Å². The number of aryl methyl sites for hydroxylation is 1. The number of benzene rings is 1. The predicted molar refractivity (Wildman–Crippen MR) is 62.5 cm³/mol. The summed E-state index contributed by atoms with van der Waals surface area (Å²) < 4.78 is 1.31. The van der Waals surface area contributed by atoms with Crippen molar-refractivity contribution in [2.45, 2.75) is 19.9 Å². The van der Waals surface area contributed by atoms with Crippen LogP contribution < -0.4 is 0 Å². The fraction of sp³-hybridized carbons (Fsp3) is 0.250. The van der Waals surface area contributed by atoms with E-state index in [1.807, 2.05) is 24.3 Å². The average molecular weight is 231 g/mol. The summed E-state index contributed by atoms with van der Waals surface area (Å²) in [7, 11) is 0. The monoisotopic (exact) mass is 231 g/mol. The summed E-state index contributed by atoms with van der Waals surface area (Å²) in [5.41, 5.74) is 2.89. The number of carboxylic acids is 1. The minimum Gasteiger partial charge on any atom is -0.480 e. The standard InChI is InChI=1S/C12H13N3O2/c1-2-9-3-5-10(6-4-9)11-7-15(14-13-11)8-12(16)17/h3-7H,2,8H2,1H3,(H,16,17). The molecule has 1 N–H and O–H groups in total. The van der Waals surface area contributed by atoms with E-state index in [0.29, 0.717) is 5.69 Å². The highest BCUT2D eigenvalue weighted by molar-refractivity contribution is 5.66. The fourth-order valence-electron chi connectivity index (χ4n) is 1.56. The summed E-state index contributed by atoms with van der Waals surface area (Å²) >= 11 is 0. The van der Waals surface area contributed by atoms with Gasteiger partial charge in [-0.05, 0) is 12.0 Å². The lowest BCUT2D eigenvalue weighted by atomic mass is 10.1. The van der Waals surface area contributed by atoms with E-state index in [4.69, 9.17) is 5.11 Å². The summed E-state index contributed by atoms with van der Waals surface area (Å²) in [4.78, 5) is 10.5. The van der Waals surface area contributed by atoms with Crippen molar-refractivity contribution in [1.29, 1.82) is 0 Å². The van der Waals surface area contributed by atoms with Crippen LogP contribution in [-0.4, -0.2) is 26.1 Å². The quantitative estimate of drug-likeness (QED) is 0.867. The molecule has 0 aliphatic heterocycles. The number of aromatic nitrogens is 3. The molecule has 0 amide bonds. The number of carbonyl (C=O) groups is 1. The minimum atomic E-state index is -0.928. The van der Waals surface area contributed by atoms with Crippen molar-refractivity contribution in [2.75, 3.05) is 0 Å². The van der Waals surface area contributed by atoms with Crippen molar-refractivity contribution in [1.82, 2.24) is 15.0 Å². The molecular weight excluding hydrogens is 218 g/mol. The largest absolute Gasteiger partial charge is 0.480 e. The Balaban J connectivity index is 2.21. The van der Waals surface area contributed by atoms with Crippen LogP contribution >= 0.6 is 0 Å². The molecule has 0 bridgehead atoms. The van der Waals surface area contributed by atoms with Gasteiger partial charge in [-0.25, -0.2) is 4.68 Å². The second kappa shape index (κ2) is 4.78. The van der Waals surface area contributed by atoms with Crippen LogP contribution in [0.15, 0.2) is 30.5 Å². The highest BCUT2D eigenvalue weighted by Gasteiger charge is 2.05. The molecule has 5 nitrogen and oxygen atoms in total. The second-order valence-electron chi connectivity index (χ2n) is 3.75. The van der Waals surface area contributed by atoms with Crippen molar-refractivity contribution in [2.24, 2.45) is 0 Å². The van der Waals surface area contributed by atoms with Gasteiger partial charge in [0.2, 0.25) is 0 Å². The smallest absolute Gasteiger partial charge is 0.325 e. The first-order valence-electron chi connectivity index (χ1n) is 5.40. The van der Waals surface area contributed by atoms with E-state index in [-0.39, 0.29) is 6.54 Å². The Hall–Kier alpha value is -2.17. The Bertz CT molecular complexity index is 517. The first-order chi connectivity index (χ1) is 8.19. The summed E-state index contributed by atoms with van der Waals surface area (Å²) in [5.74, 6) is -0.928. The van der Waals surface area contributed by atoms with Gasteiger partial charge in [-0.2, -0.15) is 0 Å². The van der Waals surface area contributed by atoms with Crippen LogP contribution in [0.2, 0.25) is 0 Å². The Morgan fingerprint density at radius 3 is 2.65 bits per heavy atom. The van der Waals surface area contributed by atoms with Crippen LogP contribution in [-0.2, 0) is 17.8 Å². The Morgan fingerprint density at radius 2 is 2.06 bits per heavy atom. The molecule has 0 atom stereocenters. The lowest BCUT2D eigenvalue weighted by molar-refractivity contribution is -0.137. The van der Waals surface area contributed by atoms with E-state index in [0.717, 1.165) is 12.0 Å². The van der Waals surface area contributed by atoms with E-state index in [9.17, 15) is 4.79 Å². The molecule has 1 heterocycles. The lowest BCUT2D eigenvalue weighted by Gasteiger charge is -1.98. The maximum Gasteiger partial charge on any atom is 0.325 e. The summed E-state index contributed by atoms with van der Waals surface area (Å²) in [6, 6.07) is 8.00. The van der Waals surface area contributed by atoms with E-state index in [1.165, 1.54) is 10.2 Å². The molecule has 5 heteroatoms. The zero-order valence-electron chi connectivity index (χ0n) is 9.50. The molecule has 1 aromatic carbocycles. The van der Waals surface area contributed by atoms with Crippen LogP contribution in [0.25, 0.3) is 11.3 Å². The van der Waals surface area contributed by atoms with Gasteiger partial charge in [0, 0.05) is 5.56 Å². The van der Waals surface area contributed by atoms with E-state index in [1.54, 1.807) is 6.20 Å². The maximum absolute atomic E-state index is 10.5. The van der Waals surface area contributed by atoms with Crippen molar-refractivity contribution in [3.05, 3.63) is 36.0 Å². The highest BCUT2D eigenvalue weighted by atomic mass is 16.4. The first-order valence-corrected chi connectivity index (χ1v) is 5.40. The van der Waals surface area contributed by atoms with Gasteiger partial charge < -0.3 is 5.11 Å². The van der Waals surface area contributed by atoms with E-state index < -0.39 is 5.97 Å². The SMILES string of the molecule is CCc1ccc(-c2cn(CC(=O)O)nn2)cc1. The number of hydrogen-bond donors (Lipinski definition) is 1. The summed E-state index contributed by atoms with van der Waals surface area (Å²) in [6.45, 7) is 1.93. The topological polar surface area (TPSA) is 68.0 Å². The summed E-state index contributed by atoms with van der Waals surface area (Å²) in [6.07, 6.45) is 2.63. The highest BCUT2D eigenvalue weighted by Crippen LogP contribution is 2.16. The Labute approximate surface area is 98.7 Å². The molecule has 0 radical (unpaired) electrons. The molecule has 0 saturated carbocycles. The molecule has 0 aliphatic carbocycles. The molecular formula is C12H13N3O2. The molecule has 0 fully saturated rings. The first kappa shape index (κ1) is 11.3. The average Bonchev–Trinajstić information content (AvgIpc) is 2.77. The molecule has 0 saturated heterocycles. The van der Waals surface area contributed by atoms with Gasteiger partial charge in [-0.1, -0.05) is 36.4 Å². The Kier molecular flexibility index (Phi) is 3.18. The van der Waals surface area contributed by atoms with Crippen LogP contribution in [0.1, 0.15) is 12.5 Å². The third kappa shape index (κ3) is 2.69. The third-order valence-electron chi connectivity index (χ3n) is 2.49. The van der Waals surface area contributed by atoms with Gasteiger partial charge in [0.05, 0.1) is 6.20 Å². The maximum atomic E-state index is 10.5. The van der Waals surface area contributed by atoms with Gasteiger partial charge in [0.1, 0.15) is 12.2 Å². The van der Waals surface area contributed by atoms with E-state index >= 15 is 0 Å². The Morgan fingerprint density at radius 1 is 1.35 bits per heavy atom. The third-order valence-corrected chi connectivity index (χ3v) is 2.49. The zero-order chi connectivity index (χ0) is 12.3. The van der Waals surface area contributed by atoms with Crippen LogP contribution in [0.4, 0.5) is 0 Å². The number of rotatable bonds is 4. The number of aliphatic carboxylic acids is 1. The van der Waals surface area contributed by atoms with Gasteiger partial charge in [0.25, 0.3) is 0 Å². The molecule has 2 aromatic rings. The van der Waals surface area contributed by atoms with Crippen molar-refractivity contribution < 1.29 is 9.90 Å². The molecule has 17 heavy (non-hydrogen) atoms. The minimum absolute atomic E-state index is 0.167. The van der Waals surface area contributed by atoms with E-state index in [2.05, 4.69) is 17.2 Å². The molecule has 1 aromatic heterocycles. The van der Waals surface area contributed by atoms with Crippen LogP contribution in [0.3, 0.4) is 0 Å². The van der Waals surface area contributed by atoms with Crippen LogP contribution in [0, 0.1) is 0 Å². The second-order valence-corrected chi connectivity index (χ2v) is 3.75. The molecule has 0 unspecified atom stereocenters.